The first kappa shape index (κ1) is 26.2. The highest BCUT2D eigenvalue weighted by Gasteiger charge is 2.22. The average molecular weight is 533 g/mol. The van der Waals surface area contributed by atoms with Gasteiger partial charge >= 0.3 is 0 Å². The number of benzene rings is 2. The van der Waals surface area contributed by atoms with Crippen LogP contribution in [0.5, 0.6) is 0 Å². The third kappa shape index (κ3) is 5.23. The first-order valence-electron chi connectivity index (χ1n) is 14.7. The lowest BCUT2D eigenvalue weighted by atomic mass is 9.98. The van der Waals surface area contributed by atoms with Crippen molar-refractivity contribution in [3.05, 3.63) is 90.4 Å². The van der Waals surface area contributed by atoms with E-state index in [0.29, 0.717) is 11.8 Å². The Morgan fingerprint density at radius 3 is 2.20 bits per heavy atom. The van der Waals surface area contributed by atoms with Crippen molar-refractivity contribution >= 4 is 11.7 Å². The van der Waals surface area contributed by atoms with Gasteiger partial charge < -0.3 is 19.8 Å². The van der Waals surface area contributed by atoms with Crippen molar-refractivity contribution in [2.75, 3.05) is 26.2 Å². The van der Waals surface area contributed by atoms with E-state index >= 15 is 0 Å². The lowest BCUT2D eigenvalue weighted by Gasteiger charge is -2.17. The normalized spacial score (nSPS) is 16.3. The Morgan fingerprint density at radius 1 is 0.800 bits per heavy atom. The summed E-state index contributed by atoms with van der Waals surface area (Å²) >= 11 is 0. The van der Waals surface area contributed by atoms with Crippen LogP contribution in [0.15, 0.2) is 89.2 Å². The highest BCUT2D eigenvalue weighted by Crippen LogP contribution is 2.36. The number of hydrogen-bond donors (Lipinski definition) is 2. The van der Waals surface area contributed by atoms with Crippen molar-refractivity contribution in [2.24, 2.45) is 21.8 Å². The smallest absolute Gasteiger partial charge is 0.101 e. The molecule has 0 spiro atoms. The van der Waals surface area contributed by atoms with Crippen molar-refractivity contribution < 1.29 is 0 Å². The fourth-order valence-electron chi connectivity index (χ4n) is 6.23. The molecule has 0 bridgehead atoms. The summed E-state index contributed by atoms with van der Waals surface area (Å²) in [4.78, 5) is 9.37. The molecule has 2 N–H and O–H groups in total. The molecule has 0 saturated carbocycles. The summed E-state index contributed by atoms with van der Waals surface area (Å²) in [5, 5.41) is 6.94. The maximum atomic E-state index is 4.71. The first-order chi connectivity index (χ1) is 19.6. The zero-order valence-electron chi connectivity index (χ0n) is 23.9. The maximum absolute atomic E-state index is 4.71. The van der Waals surface area contributed by atoms with Crippen molar-refractivity contribution in [3.63, 3.8) is 0 Å². The van der Waals surface area contributed by atoms with E-state index < -0.39 is 0 Å². The van der Waals surface area contributed by atoms with Crippen LogP contribution in [0.25, 0.3) is 28.1 Å². The van der Waals surface area contributed by atoms with Gasteiger partial charge in [-0.3, -0.25) is 9.98 Å². The van der Waals surface area contributed by atoms with E-state index in [4.69, 9.17) is 4.99 Å². The molecule has 0 fully saturated rings. The molecule has 0 radical (unpaired) electrons. The number of aromatic nitrogens is 2. The maximum Gasteiger partial charge on any atom is 0.101 e. The van der Waals surface area contributed by atoms with Gasteiger partial charge in [-0.2, -0.15) is 0 Å². The van der Waals surface area contributed by atoms with Gasteiger partial charge in [0, 0.05) is 66.9 Å². The first-order valence-corrected chi connectivity index (χ1v) is 14.7. The molecular formula is C34H40N6. The highest BCUT2D eigenvalue weighted by atomic mass is 15.1. The number of para-hydroxylation sites is 1. The van der Waals surface area contributed by atoms with Crippen LogP contribution in [0.3, 0.4) is 0 Å². The van der Waals surface area contributed by atoms with Gasteiger partial charge in [-0.25, -0.2) is 0 Å². The average Bonchev–Trinajstić information content (AvgIpc) is 3.80. The fourth-order valence-corrected chi connectivity index (χ4v) is 6.23. The molecule has 2 aliphatic heterocycles. The zero-order valence-corrected chi connectivity index (χ0v) is 23.9. The third-order valence-electron chi connectivity index (χ3n) is 8.19. The van der Waals surface area contributed by atoms with Gasteiger partial charge in [0.15, 0.2) is 0 Å². The van der Waals surface area contributed by atoms with Crippen molar-refractivity contribution in [1.82, 2.24) is 19.8 Å². The summed E-state index contributed by atoms with van der Waals surface area (Å²) in [5.74, 6) is 2.96. The second kappa shape index (κ2) is 11.6. The van der Waals surface area contributed by atoms with E-state index in [1.807, 2.05) is 0 Å². The minimum atomic E-state index is 0.326. The van der Waals surface area contributed by atoms with Crippen LogP contribution in [0.2, 0.25) is 0 Å². The minimum absolute atomic E-state index is 0.326. The summed E-state index contributed by atoms with van der Waals surface area (Å²) in [6.45, 7) is 11.4. The van der Waals surface area contributed by atoms with Gasteiger partial charge in [0.05, 0.1) is 24.6 Å². The van der Waals surface area contributed by atoms with Crippen LogP contribution in [-0.4, -0.2) is 47.0 Å². The molecule has 40 heavy (non-hydrogen) atoms. The largest absolute Gasteiger partial charge is 0.372 e. The molecule has 0 aliphatic carbocycles. The number of aliphatic imine (C=N–C) groups is 2. The van der Waals surface area contributed by atoms with E-state index in [1.54, 1.807) is 0 Å². The van der Waals surface area contributed by atoms with Crippen molar-refractivity contribution in [1.29, 1.82) is 0 Å². The van der Waals surface area contributed by atoms with Crippen molar-refractivity contribution in [3.8, 4) is 28.1 Å². The fraction of sp³-hybridized carbons (Fsp3) is 0.353. The van der Waals surface area contributed by atoms with Crippen molar-refractivity contribution in [2.45, 2.75) is 40.2 Å². The van der Waals surface area contributed by atoms with E-state index in [2.05, 4.69) is 125 Å². The summed E-state index contributed by atoms with van der Waals surface area (Å²) in [5.41, 5.74) is 9.11. The third-order valence-corrected chi connectivity index (χ3v) is 8.19. The van der Waals surface area contributed by atoms with Gasteiger partial charge in [-0.05, 0) is 41.7 Å². The second-order valence-electron chi connectivity index (χ2n) is 11.1. The van der Waals surface area contributed by atoms with Gasteiger partial charge in [-0.15, -0.1) is 0 Å². The summed E-state index contributed by atoms with van der Waals surface area (Å²) in [7, 11) is 0. The molecule has 2 atom stereocenters. The Labute approximate surface area is 237 Å². The van der Waals surface area contributed by atoms with Gasteiger partial charge in [0.25, 0.3) is 0 Å². The van der Waals surface area contributed by atoms with Crippen LogP contribution in [0, 0.1) is 11.8 Å². The second-order valence-corrected chi connectivity index (χ2v) is 11.1. The number of rotatable bonds is 10. The lowest BCUT2D eigenvalue weighted by Crippen LogP contribution is -2.28. The Hall–Kier alpha value is -4.06. The molecule has 206 valence electrons. The molecule has 2 aliphatic rings. The van der Waals surface area contributed by atoms with Crippen LogP contribution >= 0.6 is 0 Å². The summed E-state index contributed by atoms with van der Waals surface area (Å²) < 4.78 is 4.75. The van der Waals surface area contributed by atoms with E-state index in [1.165, 1.54) is 39.2 Å². The number of nitrogens with zero attached hydrogens (tertiary/aromatic N) is 4. The lowest BCUT2D eigenvalue weighted by molar-refractivity contribution is 0.594. The Balaban J connectivity index is 1.36. The zero-order chi connectivity index (χ0) is 27.5. The van der Waals surface area contributed by atoms with E-state index in [9.17, 15) is 0 Å². The molecule has 2 aromatic carbocycles. The van der Waals surface area contributed by atoms with Crippen LogP contribution in [0.1, 0.15) is 31.9 Å². The molecule has 4 heterocycles. The Bertz CT molecular complexity index is 1520. The highest BCUT2D eigenvalue weighted by molar-refractivity contribution is 5.86. The van der Waals surface area contributed by atoms with Crippen LogP contribution < -0.4 is 10.6 Å². The van der Waals surface area contributed by atoms with E-state index in [0.717, 1.165) is 57.2 Å². The summed E-state index contributed by atoms with van der Waals surface area (Å²) in [6, 6.07) is 21.9. The summed E-state index contributed by atoms with van der Waals surface area (Å²) in [6.07, 6.45) is 8.80. The van der Waals surface area contributed by atoms with Crippen LogP contribution in [0.4, 0.5) is 0 Å². The minimum Gasteiger partial charge on any atom is -0.372 e. The molecule has 6 nitrogen and oxygen atoms in total. The molecular weight excluding hydrogens is 492 g/mol. The number of amidine groups is 2. The molecule has 6 rings (SSSR count). The van der Waals surface area contributed by atoms with Crippen LogP contribution in [-0.2, 0) is 19.4 Å². The molecule has 0 amide bonds. The Morgan fingerprint density at radius 2 is 1.50 bits per heavy atom. The predicted octanol–water partition coefficient (Wildman–Crippen LogP) is 5.99. The predicted molar refractivity (Wildman–Crippen MR) is 167 cm³/mol. The monoisotopic (exact) mass is 532 g/mol. The van der Waals surface area contributed by atoms with Gasteiger partial charge in [0.1, 0.15) is 5.84 Å². The SMILES string of the molecule is CCc1c(-c2ccn(-c3ccccc3C[C@H](C)C3=NCCN3)c2)cn(C[C@H](C)C2=NCCN2)c1-c1ccccc1. The standard InChI is InChI=1S/C34H40N6/c1-4-29-30(23-40(21-25(3)34-37-17-18-38-34)32(29)26-10-6-5-7-11-26)28-14-19-39(22-28)31-13-9-8-12-27(31)20-24(2)33-35-15-16-36-33/h5-14,19,22-25H,4,15-18,20-21H2,1-3H3,(H,35,36)(H,37,38)/t24-,25-/m0/s1. The van der Waals surface area contributed by atoms with Gasteiger partial charge in [-0.1, -0.05) is 69.3 Å². The molecule has 2 aromatic heterocycles. The van der Waals surface area contributed by atoms with E-state index in [-0.39, 0.29) is 0 Å². The Kier molecular flexibility index (Phi) is 7.58. The quantitative estimate of drug-likeness (QED) is 0.263. The number of hydrogen-bond acceptors (Lipinski definition) is 4. The molecule has 0 unspecified atom stereocenters. The number of nitrogens with one attached hydrogen (secondary N) is 2. The molecule has 0 saturated heterocycles. The molecule has 6 heteroatoms. The molecule has 4 aromatic rings. The topological polar surface area (TPSA) is 58.6 Å². The van der Waals surface area contributed by atoms with Gasteiger partial charge in [0.2, 0.25) is 0 Å².